The number of carbonyl (C=O) groups is 1. The third-order valence-corrected chi connectivity index (χ3v) is 3.38. The van der Waals surface area contributed by atoms with E-state index < -0.39 is 0 Å². The van der Waals surface area contributed by atoms with Crippen molar-refractivity contribution >= 4 is 21.7 Å². The maximum absolute atomic E-state index is 11.9. The van der Waals surface area contributed by atoms with Crippen LogP contribution in [0.2, 0.25) is 0 Å². The SMILES string of the molecule is O=C(CCCn1ccc(=O)cc1)c1ccc(Br)cc1. The zero-order valence-corrected chi connectivity index (χ0v) is 12.0. The van der Waals surface area contributed by atoms with Crippen LogP contribution in [0.25, 0.3) is 0 Å². The number of carbonyl (C=O) groups excluding carboxylic acids is 1. The summed E-state index contributed by atoms with van der Waals surface area (Å²) in [5, 5.41) is 0. The fourth-order valence-corrected chi connectivity index (χ4v) is 2.06. The Morgan fingerprint density at radius 2 is 1.68 bits per heavy atom. The quantitative estimate of drug-likeness (QED) is 0.793. The van der Waals surface area contributed by atoms with Crippen LogP contribution in [0.5, 0.6) is 0 Å². The number of rotatable bonds is 5. The van der Waals surface area contributed by atoms with Crippen LogP contribution in [0.15, 0.2) is 58.1 Å². The van der Waals surface area contributed by atoms with Gasteiger partial charge in [-0.2, -0.15) is 0 Å². The van der Waals surface area contributed by atoms with E-state index in [0.717, 1.165) is 23.0 Å². The van der Waals surface area contributed by atoms with Crippen molar-refractivity contribution in [3.8, 4) is 0 Å². The maximum atomic E-state index is 11.9. The molecule has 2 aromatic rings. The van der Waals surface area contributed by atoms with E-state index in [0.29, 0.717) is 6.42 Å². The normalized spacial score (nSPS) is 10.4. The molecule has 0 aliphatic heterocycles. The minimum atomic E-state index is 0.00203. The molecule has 0 aliphatic carbocycles. The van der Waals surface area contributed by atoms with Crippen molar-refractivity contribution in [3.05, 3.63) is 69.1 Å². The molecule has 1 aromatic carbocycles. The fraction of sp³-hybridized carbons (Fsp3) is 0.200. The van der Waals surface area contributed by atoms with Gasteiger partial charge in [-0.3, -0.25) is 9.59 Å². The van der Waals surface area contributed by atoms with Crippen molar-refractivity contribution < 1.29 is 4.79 Å². The number of hydrogen-bond acceptors (Lipinski definition) is 2. The number of hydrogen-bond donors (Lipinski definition) is 0. The first kappa shape index (κ1) is 13.7. The Kier molecular flexibility index (Phi) is 4.68. The van der Waals surface area contributed by atoms with Crippen LogP contribution in [-0.2, 0) is 6.54 Å². The first-order chi connectivity index (χ1) is 9.15. The Morgan fingerprint density at radius 3 is 2.32 bits per heavy atom. The van der Waals surface area contributed by atoms with E-state index in [2.05, 4.69) is 15.9 Å². The lowest BCUT2D eigenvalue weighted by atomic mass is 10.1. The lowest BCUT2D eigenvalue weighted by Crippen LogP contribution is -2.06. The van der Waals surface area contributed by atoms with E-state index in [1.165, 1.54) is 12.1 Å². The van der Waals surface area contributed by atoms with E-state index in [1.54, 1.807) is 12.4 Å². The molecule has 19 heavy (non-hydrogen) atoms. The molecule has 4 heteroatoms. The van der Waals surface area contributed by atoms with Gasteiger partial charge >= 0.3 is 0 Å². The first-order valence-electron chi connectivity index (χ1n) is 6.10. The molecule has 0 spiro atoms. The van der Waals surface area contributed by atoms with Crippen molar-refractivity contribution in [2.24, 2.45) is 0 Å². The maximum Gasteiger partial charge on any atom is 0.181 e. The van der Waals surface area contributed by atoms with Crippen molar-refractivity contribution in [2.75, 3.05) is 0 Å². The Balaban J connectivity index is 1.85. The summed E-state index contributed by atoms with van der Waals surface area (Å²) < 4.78 is 2.88. The van der Waals surface area contributed by atoms with Crippen molar-refractivity contribution in [1.82, 2.24) is 4.57 Å². The van der Waals surface area contributed by atoms with Crippen LogP contribution in [0.4, 0.5) is 0 Å². The molecular weight excluding hydrogens is 306 g/mol. The lowest BCUT2D eigenvalue weighted by molar-refractivity contribution is 0.0978. The van der Waals surface area contributed by atoms with Gasteiger partial charge in [-0.25, -0.2) is 0 Å². The molecular formula is C15H14BrNO2. The number of Topliss-reactive ketones (excluding diaryl/α,β-unsaturated/α-hetero) is 1. The van der Waals surface area contributed by atoms with Crippen molar-refractivity contribution in [3.63, 3.8) is 0 Å². The van der Waals surface area contributed by atoms with E-state index in [-0.39, 0.29) is 11.2 Å². The second-order valence-corrected chi connectivity index (χ2v) is 5.22. The molecule has 3 nitrogen and oxygen atoms in total. The number of benzene rings is 1. The molecule has 0 saturated heterocycles. The summed E-state index contributed by atoms with van der Waals surface area (Å²) in [6.07, 6.45) is 4.75. The smallest absolute Gasteiger partial charge is 0.181 e. The highest BCUT2D eigenvalue weighted by Gasteiger charge is 2.05. The number of halogens is 1. The third kappa shape index (κ3) is 4.17. The molecule has 0 fully saturated rings. The fourth-order valence-electron chi connectivity index (χ4n) is 1.80. The minimum Gasteiger partial charge on any atom is -0.354 e. The van der Waals surface area contributed by atoms with Crippen molar-refractivity contribution in [1.29, 1.82) is 0 Å². The zero-order valence-electron chi connectivity index (χ0n) is 10.4. The second kappa shape index (κ2) is 6.48. The number of aryl methyl sites for hydroxylation is 1. The predicted molar refractivity (Wildman–Crippen MR) is 78.4 cm³/mol. The summed E-state index contributed by atoms with van der Waals surface area (Å²) in [5.74, 6) is 0.147. The average Bonchev–Trinajstić information content (AvgIpc) is 2.41. The van der Waals surface area contributed by atoms with Crippen LogP contribution < -0.4 is 5.43 Å². The Morgan fingerprint density at radius 1 is 1.05 bits per heavy atom. The van der Waals surface area contributed by atoms with Gasteiger partial charge in [-0.15, -0.1) is 0 Å². The summed E-state index contributed by atoms with van der Waals surface area (Å²) >= 11 is 3.34. The van der Waals surface area contributed by atoms with E-state index in [1.807, 2.05) is 28.8 Å². The summed E-state index contributed by atoms with van der Waals surface area (Å²) in [7, 11) is 0. The Bertz CT molecular complexity index is 596. The molecule has 0 N–H and O–H groups in total. The summed E-state index contributed by atoms with van der Waals surface area (Å²) in [5.41, 5.74) is 0.741. The first-order valence-corrected chi connectivity index (χ1v) is 6.89. The van der Waals surface area contributed by atoms with Gasteiger partial charge in [0, 0.05) is 47.5 Å². The van der Waals surface area contributed by atoms with Gasteiger partial charge in [0.05, 0.1) is 0 Å². The van der Waals surface area contributed by atoms with E-state index in [4.69, 9.17) is 0 Å². The monoisotopic (exact) mass is 319 g/mol. The van der Waals surface area contributed by atoms with Crippen LogP contribution in [0.1, 0.15) is 23.2 Å². The highest BCUT2D eigenvalue weighted by Crippen LogP contribution is 2.12. The molecule has 0 aliphatic rings. The second-order valence-electron chi connectivity index (χ2n) is 4.31. The molecule has 0 saturated carbocycles. The number of nitrogens with zero attached hydrogens (tertiary/aromatic N) is 1. The molecule has 1 heterocycles. The summed E-state index contributed by atoms with van der Waals surface area (Å²) in [6.45, 7) is 0.739. The zero-order chi connectivity index (χ0) is 13.7. The minimum absolute atomic E-state index is 0.00203. The van der Waals surface area contributed by atoms with Crippen LogP contribution in [-0.4, -0.2) is 10.4 Å². The number of ketones is 1. The van der Waals surface area contributed by atoms with Gasteiger partial charge in [0.25, 0.3) is 0 Å². The van der Waals surface area contributed by atoms with Gasteiger partial charge in [0.1, 0.15) is 0 Å². The molecule has 0 atom stereocenters. The van der Waals surface area contributed by atoms with Gasteiger partial charge < -0.3 is 4.57 Å². The van der Waals surface area contributed by atoms with Crippen molar-refractivity contribution in [2.45, 2.75) is 19.4 Å². The molecule has 98 valence electrons. The van der Waals surface area contributed by atoms with E-state index in [9.17, 15) is 9.59 Å². The third-order valence-electron chi connectivity index (χ3n) is 2.85. The lowest BCUT2D eigenvalue weighted by Gasteiger charge is -2.05. The molecule has 0 unspecified atom stereocenters. The highest BCUT2D eigenvalue weighted by molar-refractivity contribution is 9.10. The van der Waals surface area contributed by atoms with Gasteiger partial charge in [0.15, 0.2) is 11.2 Å². The predicted octanol–water partition coefficient (Wildman–Crippen LogP) is 3.27. The Hall–Kier alpha value is -1.68. The van der Waals surface area contributed by atoms with Gasteiger partial charge in [-0.05, 0) is 18.6 Å². The van der Waals surface area contributed by atoms with Gasteiger partial charge in [-0.1, -0.05) is 28.1 Å². The topological polar surface area (TPSA) is 39.1 Å². The highest BCUT2D eigenvalue weighted by atomic mass is 79.9. The molecule has 1 aromatic heterocycles. The van der Waals surface area contributed by atoms with E-state index >= 15 is 0 Å². The van der Waals surface area contributed by atoms with Gasteiger partial charge in [0.2, 0.25) is 0 Å². The van der Waals surface area contributed by atoms with Crippen LogP contribution >= 0.6 is 15.9 Å². The molecule has 0 amide bonds. The Labute approximate surface area is 120 Å². The number of pyridine rings is 1. The average molecular weight is 320 g/mol. The molecule has 2 rings (SSSR count). The molecule has 0 radical (unpaired) electrons. The molecule has 0 bridgehead atoms. The standard InChI is InChI=1S/C15H14BrNO2/c16-13-5-3-12(4-6-13)15(19)2-1-9-17-10-7-14(18)8-11-17/h3-8,10-11H,1-2,9H2. The van der Waals surface area contributed by atoms with Crippen LogP contribution in [0.3, 0.4) is 0 Å². The summed E-state index contributed by atoms with van der Waals surface area (Å²) in [4.78, 5) is 22.9. The largest absolute Gasteiger partial charge is 0.354 e. The number of aromatic nitrogens is 1. The van der Waals surface area contributed by atoms with Crippen LogP contribution in [0, 0.1) is 0 Å². The summed E-state index contributed by atoms with van der Waals surface area (Å²) in [6, 6.07) is 10.4.